The Morgan fingerprint density at radius 1 is 1.20 bits per heavy atom. The quantitative estimate of drug-likeness (QED) is 0.762. The fourth-order valence-electron chi connectivity index (χ4n) is 2.17. The Kier molecular flexibility index (Phi) is 1.80. The van der Waals surface area contributed by atoms with E-state index in [1.54, 1.807) is 0 Å². The summed E-state index contributed by atoms with van der Waals surface area (Å²) in [4.78, 5) is 2.27. The van der Waals surface area contributed by atoms with Gasteiger partial charge in [-0.25, -0.2) is 4.52 Å². The minimum Gasteiger partial charge on any atom is -0.394 e. The molecule has 0 atom stereocenters. The first-order valence-corrected chi connectivity index (χ1v) is 5.34. The number of nitrogen functional groups attached to an aromatic ring is 1. The first-order valence-electron chi connectivity index (χ1n) is 5.34. The number of nitrogens with zero attached hydrogens (tertiary/aromatic N) is 3. The molecule has 2 aromatic heterocycles. The summed E-state index contributed by atoms with van der Waals surface area (Å²) in [6, 6.07) is 5.95. The van der Waals surface area contributed by atoms with Gasteiger partial charge in [0.25, 0.3) is 0 Å². The van der Waals surface area contributed by atoms with Crippen molar-refractivity contribution in [2.45, 2.75) is 12.8 Å². The average molecular weight is 202 g/mol. The van der Waals surface area contributed by atoms with Crippen molar-refractivity contribution in [3.63, 3.8) is 0 Å². The molecule has 4 heteroatoms. The van der Waals surface area contributed by atoms with Crippen LogP contribution in [0.5, 0.6) is 0 Å². The maximum Gasteiger partial charge on any atom is 0.174 e. The van der Waals surface area contributed by atoms with E-state index in [9.17, 15) is 0 Å². The molecule has 0 aliphatic carbocycles. The number of hydrogen-bond acceptors (Lipinski definition) is 3. The molecule has 0 saturated carbocycles. The van der Waals surface area contributed by atoms with Crippen molar-refractivity contribution in [1.82, 2.24) is 9.61 Å². The smallest absolute Gasteiger partial charge is 0.174 e. The van der Waals surface area contributed by atoms with Crippen LogP contribution in [0.4, 0.5) is 11.5 Å². The number of aromatic nitrogens is 2. The van der Waals surface area contributed by atoms with Crippen LogP contribution >= 0.6 is 0 Å². The SMILES string of the molecule is Nc1c(N2CCCC2)nn2ccccc12. The third-order valence-electron chi connectivity index (χ3n) is 2.96. The van der Waals surface area contributed by atoms with Crippen LogP contribution in [0.2, 0.25) is 0 Å². The molecule has 0 radical (unpaired) electrons. The van der Waals surface area contributed by atoms with Crippen LogP contribution in [0.25, 0.3) is 5.52 Å². The molecule has 1 fully saturated rings. The van der Waals surface area contributed by atoms with Gasteiger partial charge in [0.15, 0.2) is 5.82 Å². The zero-order chi connectivity index (χ0) is 10.3. The van der Waals surface area contributed by atoms with E-state index in [0.29, 0.717) is 0 Å². The monoisotopic (exact) mass is 202 g/mol. The van der Waals surface area contributed by atoms with Gasteiger partial charge in [-0.2, -0.15) is 0 Å². The minimum atomic E-state index is 0.803. The third-order valence-corrected chi connectivity index (χ3v) is 2.96. The van der Waals surface area contributed by atoms with E-state index >= 15 is 0 Å². The van der Waals surface area contributed by atoms with Crippen LogP contribution in [0, 0.1) is 0 Å². The van der Waals surface area contributed by atoms with Crippen LogP contribution in [-0.4, -0.2) is 22.7 Å². The second-order valence-electron chi connectivity index (χ2n) is 3.96. The lowest BCUT2D eigenvalue weighted by Crippen LogP contribution is -2.19. The molecule has 1 aliphatic rings. The van der Waals surface area contributed by atoms with E-state index in [4.69, 9.17) is 5.73 Å². The lowest BCUT2D eigenvalue weighted by atomic mass is 10.3. The van der Waals surface area contributed by atoms with Crippen molar-refractivity contribution >= 4 is 17.0 Å². The lowest BCUT2D eigenvalue weighted by molar-refractivity contribution is 0.885. The lowest BCUT2D eigenvalue weighted by Gasteiger charge is -2.13. The summed E-state index contributed by atoms with van der Waals surface area (Å²) in [7, 11) is 0. The molecule has 0 spiro atoms. The Labute approximate surface area is 88.3 Å². The molecule has 3 rings (SSSR count). The number of rotatable bonds is 1. The second kappa shape index (κ2) is 3.15. The first kappa shape index (κ1) is 8.59. The summed E-state index contributed by atoms with van der Waals surface area (Å²) in [5.74, 6) is 0.943. The highest BCUT2D eigenvalue weighted by molar-refractivity contribution is 5.81. The van der Waals surface area contributed by atoms with Gasteiger partial charge >= 0.3 is 0 Å². The molecule has 2 N–H and O–H groups in total. The fourth-order valence-corrected chi connectivity index (χ4v) is 2.17. The van der Waals surface area contributed by atoms with Gasteiger partial charge in [-0.15, -0.1) is 5.10 Å². The van der Waals surface area contributed by atoms with Gasteiger partial charge < -0.3 is 10.6 Å². The fraction of sp³-hybridized carbons (Fsp3) is 0.364. The van der Waals surface area contributed by atoms with Crippen LogP contribution in [0.3, 0.4) is 0 Å². The number of fused-ring (bicyclic) bond motifs is 1. The summed E-state index contributed by atoms with van der Waals surface area (Å²) >= 11 is 0. The molecule has 15 heavy (non-hydrogen) atoms. The number of nitrogens with two attached hydrogens (primary N) is 1. The van der Waals surface area contributed by atoms with Crippen molar-refractivity contribution in [2.24, 2.45) is 0 Å². The van der Waals surface area contributed by atoms with Gasteiger partial charge in [0.2, 0.25) is 0 Å². The molecular formula is C11H14N4. The van der Waals surface area contributed by atoms with E-state index in [-0.39, 0.29) is 0 Å². The van der Waals surface area contributed by atoms with Gasteiger partial charge in [0.05, 0.1) is 5.52 Å². The van der Waals surface area contributed by atoms with Crippen molar-refractivity contribution in [1.29, 1.82) is 0 Å². The zero-order valence-corrected chi connectivity index (χ0v) is 8.56. The molecule has 0 unspecified atom stereocenters. The molecule has 0 amide bonds. The summed E-state index contributed by atoms with van der Waals surface area (Å²) in [5, 5.41) is 4.51. The maximum absolute atomic E-state index is 6.09. The zero-order valence-electron chi connectivity index (χ0n) is 8.56. The van der Waals surface area contributed by atoms with E-state index in [0.717, 1.165) is 30.1 Å². The summed E-state index contributed by atoms with van der Waals surface area (Å²) in [6.45, 7) is 2.15. The normalized spacial score (nSPS) is 16.4. The van der Waals surface area contributed by atoms with Gasteiger partial charge in [-0.3, -0.25) is 0 Å². The van der Waals surface area contributed by atoms with E-state index in [2.05, 4.69) is 10.00 Å². The van der Waals surface area contributed by atoms with Crippen molar-refractivity contribution in [3.05, 3.63) is 24.4 Å². The van der Waals surface area contributed by atoms with Crippen molar-refractivity contribution in [3.8, 4) is 0 Å². The largest absolute Gasteiger partial charge is 0.394 e. The van der Waals surface area contributed by atoms with Crippen LogP contribution in [-0.2, 0) is 0 Å². The number of hydrogen-bond donors (Lipinski definition) is 1. The Balaban J connectivity index is 2.14. The van der Waals surface area contributed by atoms with Crippen LogP contribution in [0.15, 0.2) is 24.4 Å². The second-order valence-corrected chi connectivity index (χ2v) is 3.96. The maximum atomic E-state index is 6.09. The van der Waals surface area contributed by atoms with Gasteiger partial charge in [0, 0.05) is 19.3 Å². The highest BCUT2D eigenvalue weighted by Gasteiger charge is 2.19. The summed E-state index contributed by atoms with van der Waals surface area (Å²) in [5.41, 5.74) is 7.90. The highest BCUT2D eigenvalue weighted by Crippen LogP contribution is 2.28. The van der Waals surface area contributed by atoms with E-state index in [1.165, 1.54) is 12.8 Å². The predicted molar refractivity (Wildman–Crippen MR) is 61.1 cm³/mol. The average Bonchev–Trinajstić information content (AvgIpc) is 2.87. The number of pyridine rings is 1. The molecule has 0 bridgehead atoms. The molecule has 1 aliphatic heterocycles. The Bertz CT molecular complexity index is 482. The first-order chi connectivity index (χ1) is 7.36. The summed E-state index contributed by atoms with van der Waals surface area (Å²) in [6.07, 6.45) is 4.42. The highest BCUT2D eigenvalue weighted by atomic mass is 15.3. The molecular weight excluding hydrogens is 188 g/mol. The Hall–Kier alpha value is -1.71. The van der Waals surface area contributed by atoms with Crippen LogP contribution < -0.4 is 10.6 Å². The molecule has 1 saturated heterocycles. The standard InChI is InChI=1S/C11H14N4/c12-10-9-5-1-2-8-15(9)13-11(10)14-6-3-4-7-14/h1-2,5,8H,3-4,6-7,12H2. The Morgan fingerprint density at radius 3 is 2.73 bits per heavy atom. The molecule has 3 heterocycles. The third kappa shape index (κ3) is 1.25. The van der Waals surface area contributed by atoms with Gasteiger partial charge in [-0.05, 0) is 25.0 Å². The van der Waals surface area contributed by atoms with E-state index < -0.39 is 0 Å². The van der Waals surface area contributed by atoms with Crippen molar-refractivity contribution in [2.75, 3.05) is 23.7 Å². The van der Waals surface area contributed by atoms with Gasteiger partial charge in [0.1, 0.15) is 5.69 Å². The Morgan fingerprint density at radius 2 is 2.00 bits per heavy atom. The molecule has 2 aromatic rings. The topological polar surface area (TPSA) is 46.6 Å². The molecule has 78 valence electrons. The van der Waals surface area contributed by atoms with E-state index in [1.807, 2.05) is 28.9 Å². The minimum absolute atomic E-state index is 0.803. The van der Waals surface area contributed by atoms with Gasteiger partial charge in [-0.1, -0.05) is 6.07 Å². The van der Waals surface area contributed by atoms with Crippen molar-refractivity contribution < 1.29 is 0 Å². The number of anilines is 2. The molecule has 4 nitrogen and oxygen atoms in total. The molecule has 0 aromatic carbocycles. The van der Waals surface area contributed by atoms with Crippen LogP contribution in [0.1, 0.15) is 12.8 Å². The summed E-state index contributed by atoms with van der Waals surface area (Å²) < 4.78 is 1.85. The predicted octanol–water partition coefficient (Wildman–Crippen LogP) is 1.52.